The molecule has 0 aliphatic carbocycles. The predicted octanol–water partition coefficient (Wildman–Crippen LogP) is 2.53. The maximum atomic E-state index is 14.1. The number of aliphatic hydroxyl groups excluding tert-OH is 1. The Hall–Kier alpha value is -1.54. The van der Waals surface area contributed by atoms with Crippen molar-refractivity contribution < 1.29 is 24.6 Å². The number of likely N-dealkylation sites (tertiary alicyclic amines) is 1. The Morgan fingerprint density at radius 3 is 2.58 bits per heavy atom. The fraction of sp³-hybridized carbons (Fsp3) is 0.783. The molecule has 174 valence electrons. The number of carbonyl (C=O) groups excluding carboxylic acids is 2. The summed E-state index contributed by atoms with van der Waals surface area (Å²) in [5.41, 5.74) is 0. The standard InChI is InChI=1S/C23H36N2O5S/c1-6-9-14(4)24(12-7-2)20(28)18-23-11-10-22(5,31-23)17(21(29)30)16(23)19(27)25(18)15(8-3)13-26/h7,14-18,26H,2,6,8-13H2,1,3-5H3,(H,29,30)/t14?,15-,16-,17+,18?,22-,23?/m0/s1. The second-order valence-electron chi connectivity index (χ2n) is 9.47. The Morgan fingerprint density at radius 1 is 1.39 bits per heavy atom. The highest BCUT2D eigenvalue weighted by Gasteiger charge is 2.78. The fourth-order valence-electron chi connectivity index (χ4n) is 6.18. The van der Waals surface area contributed by atoms with Gasteiger partial charge in [-0.3, -0.25) is 14.4 Å². The lowest BCUT2D eigenvalue weighted by atomic mass is 9.66. The molecule has 0 aromatic heterocycles. The van der Waals surface area contributed by atoms with Crippen LogP contribution in [0.2, 0.25) is 0 Å². The zero-order valence-corrected chi connectivity index (χ0v) is 19.9. The minimum absolute atomic E-state index is 0.0217. The molecule has 0 saturated carbocycles. The molecule has 8 heteroatoms. The van der Waals surface area contributed by atoms with Crippen molar-refractivity contribution in [2.75, 3.05) is 13.2 Å². The van der Waals surface area contributed by atoms with Crippen molar-refractivity contribution in [3.05, 3.63) is 12.7 Å². The maximum Gasteiger partial charge on any atom is 0.308 e. The quantitative estimate of drug-likeness (QED) is 0.494. The van der Waals surface area contributed by atoms with Crippen LogP contribution in [0.3, 0.4) is 0 Å². The molecule has 3 unspecified atom stereocenters. The zero-order valence-electron chi connectivity index (χ0n) is 19.0. The highest BCUT2D eigenvalue weighted by molar-refractivity contribution is 8.02. The van der Waals surface area contributed by atoms with Crippen LogP contribution in [0.15, 0.2) is 12.7 Å². The van der Waals surface area contributed by atoms with Gasteiger partial charge in [-0.1, -0.05) is 26.3 Å². The number of carbonyl (C=O) groups is 3. The number of rotatable bonds is 10. The van der Waals surface area contributed by atoms with Crippen LogP contribution in [0.4, 0.5) is 0 Å². The van der Waals surface area contributed by atoms with Gasteiger partial charge in [0.1, 0.15) is 6.04 Å². The van der Waals surface area contributed by atoms with Crippen molar-refractivity contribution in [3.8, 4) is 0 Å². The molecular weight excluding hydrogens is 416 g/mol. The highest BCUT2D eigenvalue weighted by Crippen LogP contribution is 2.71. The van der Waals surface area contributed by atoms with E-state index in [2.05, 4.69) is 13.5 Å². The molecule has 0 aromatic rings. The maximum absolute atomic E-state index is 14.1. The molecule has 3 rings (SSSR count). The Kier molecular flexibility index (Phi) is 6.82. The summed E-state index contributed by atoms with van der Waals surface area (Å²) in [5.74, 6) is -2.97. The summed E-state index contributed by atoms with van der Waals surface area (Å²) in [6.07, 6.45) is 5.25. The van der Waals surface area contributed by atoms with Gasteiger partial charge >= 0.3 is 5.97 Å². The van der Waals surface area contributed by atoms with E-state index in [-0.39, 0.29) is 24.5 Å². The Balaban J connectivity index is 2.12. The van der Waals surface area contributed by atoms with E-state index < -0.39 is 39.4 Å². The number of carboxylic acids is 1. The average Bonchev–Trinajstić information content (AvgIpc) is 3.28. The predicted molar refractivity (Wildman–Crippen MR) is 121 cm³/mol. The number of thioether (sulfide) groups is 1. The summed E-state index contributed by atoms with van der Waals surface area (Å²) in [4.78, 5) is 43.4. The molecule has 2 bridgehead atoms. The number of aliphatic carboxylic acids is 1. The van der Waals surface area contributed by atoms with Gasteiger partial charge < -0.3 is 20.0 Å². The van der Waals surface area contributed by atoms with E-state index in [1.165, 1.54) is 11.8 Å². The van der Waals surface area contributed by atoms with Crippen LogP contribution >= 0.6 is 11.8 Å². The lowest BCUT2D eigenvalue weighted by Gasteiger charge is -2.41. The monoisotopic (exact) mass is 452 g/mol. The van der Waals surface area contributed by atoms with Crippen molar-refractivity contribution in [1.82, 2.24) is 9.80 Å². The number of fused-ring (bicyclic) bond motifs is 1. The first kappa shape index (κ1) is 24.1. The van der Waals surface area contributed by atoms with Gasteiger partial charge in [0.15, 0.2) is 0 Å². The molecule has 3 aliphatic heterocycles. The van der Waals surface area contributed by atoms with Crippen LogP contribution in [-0.2, 0) is 14.4 Å². The van der Waals surface area contributed by atoms with Crippen LogP contribution in [-0.4, -0.2) is 78.6 Å². The van der Waals surface area contributed by atoms with Crippen LogP contribution in [0, 0.1) is 11.8 Å². The van der Waals surface area contributed by atoms with E-state index in [1.54, 1.807) is 15.9 Å². The van der Waals surface area contributed by atoms with Crippen molar-refractivity contribution in [2.24, 2.45) is 11.8 Å². The van der Waals surface area contributed by atoms with Gasteiger partial charge in [0.05, 0.1) is 29.2 Å². The first-order chi connectivity index (χ1) is 14.6. The SMILES string of the molecule is C=CCN(C(=O)C1N([C@@H](CC)CO)C(=O)[C@@H]2[C@H](C(=O)O)[C@]3(C)CCC12S3)C(C)CCC. The summed E-state index contributed by atoms with van der Waals surface area (Å²) in [7, 11) is 0. The molecule has 31 heavy (non-hydrogen) atoms. The van der Waals surface area contributed by atoms with E-state index in [0.29, 0.717) is 25.8 Å². The van der Waals surface area contributed by atoms with Gasteiger partial charge in [-0.25, -0.2) is 0 Å². The summed E-state index contributed by atoms with van der Waals surface area (Å²) in [6, 6.07) is -1.29. The minimum Gasteiger partial charge on any atom is -0.481 e. The van der Waals surface area contributed by atoms with Crippen molar-refractivity contribution in [1.29, 1.82) is 0 Å². The van der Waals surface area contributed by atoms with E-state index in [1.807, 2.05) is 20.8 Å². The topological polar surface area (TPSA) is 98.2 Å². The second kappa shape index (κ2) is 8.77. The molecule has 1 spiro atoms. The third kappa shape index (κ3) is 3.50. The summed E-state index contributed by atoms with van der Waals surface area (Å²) < 4.78 is -1.32. The molecule has 0 aromatic carbocycles. The number of hydrogen-bond donors (Lipinski definition) is 2. The molecule has 0 radical (unpaired) electrons. The highest BCUT2D eigenvalue weighted by atomic mass is 32.2. The lowest BCUT2D eigenvalue weighted by Crippen LogP contribution is -2.58. The third-order valence-corrected chi connectivity index (χ3v) is 9.62. The van der Waals surface area contributed by atoms with Crippen LogP contribution in [0.25, 0.3) is 0 Å². The van der Waals surface area contributed by atoms with Crippen LogP contribution in [0.1, 0.15) is 59.8 Å². The van der Waals surface area contributed by atoms with Gasteiger partial charge in [0.25, 0.3) is 0 Å². The number of aliphatic hydroxyl groups is 1. The van der Waals surface area contributed by atoms with Gasteiger partial charge in [-0.05, 0) is 39.5 Å². The van der Waals surface area contributed by atoms with Crippen molar-refractivity contribution in [2.45, 2.75) is 87.4 Å². The normalized spacial score (nSPS) is 35.7. The molecular formula is C23H36N2O5S. The average molecular weight is 453 g/mol. The molecule has 3 fully saturated rings. The Labute approximate surface area is 189 Å². The molecule has 7 nitrogen and oxygen atoms in total. The molecule has 3 saturated heterocycles. The second-order valence-corrected chi connectivity index (χ2v) is 11.4. The number of amides is 2. The summed E-state index contributed by atoms with van der Waals surface area (Å²) in [5, 5.41) is 20.1. The Morgan fingerprint density at radius 2 is 2.06 bits per heavy atom. The van der Waals surface area contributed by atoms with E-state index >= 15 is 0 Å². The molecule has 3 aliphatic rings. The van der Waals surface area contributed by atoms with E-state index in [9.17, 15) is 24.6 Å². The third-order valence-electron chi connectivity index (χ3n) is 7.64. The largest absolute Gasteiger partial charge is 0.481 e. The Bertz CT molecular complexity index is 756. The van der Waals surface area contributed by atoms with Gasteiger partial charge in [-0.15, -0.1) is 18.3 Å². The molecule has 3 heterocycles. The minimum atomic E-state index is -0.970. The van der Waals surface area contributed by atoms with Gasteiger partial charge in [0, 0.05) is 17.3 Å². The van der Waals surface area contributed by atoms with Gasteiger partial charge in [-0.2, -0.15) is 0 Å². The zero-order chi connectivity index (χ0) is 23.1. The number of nitrogens with zero attached hydrogens (tertiary/aromatic N) is 2. The summed E-state index contributed by atoms with van der Waals surface area (Å²) in [6.45, 7) is 11.8. The van der Waals surface area contributed by atoms with Crippen LogP contribution in [0.5, 0.6) is 0 Å². The van der Waals surface area contributed by atoms with E-state index in [4.69, 9.17) is 0 Å². The number of carboxylic acid groups (broad SMARTS) is 1. The first-order valence-electron chi connectivity index (χ1n) is 11.4. The number of hydrogen-bond acceptors (Lipinski definition) is 5. The van der Waals surface area contributed by atoms with Crippen molar-refractivity contribution >= 4 is 29.5 Å². The van der Waals surface area contributed by atoms with Crippen molar-refractivity contribution in [3.63, 3.8) is 0 Å². The van der Waals surface area contributed by atoms with Gasteiger partial charge in [0.2, 0.25) is 11.8 Å². The summed E-state index contributed by atoms with van der Waals surface area (Å²) >= 11 is 1.53. The lowest BCUT2D eigenvalue weighted by molar-refractivity contribution is -0.151. The molecule has 2 amide bonds. The van der Waals surface area contributed by atoms with E-state index in [0.717, 1.165) is 12.8 Å². The fourth-order valence-corrected chi connectivity index (χ4v) is 8.51. The first-order valence-corrected chi connectivity index (χ1v) is 12.2. The molecule has 2 N–H and O–H groups in total. The smallest absolute Gasteiger partial charge is 0.308 e. The van der Waals surface area contributed by atoms with Crippen LogP contribution < -0.4 is 0 Å². The molecule has 7 atom stereocenters.